The zero-order chi connectivity index (χ0) is 9.26. The van der Waals surface area contributed by atoms with Gasteiger partial charge in [0.15, 0.2) is 5.13 Å². The highest BCUT2D eigenvalue weighted by molar-refractivity contribution is 7.13. The minimum absolute atomic E-state index is 0.307. The Balaban J connectivity index is 2.19. The molecule has 2 aromatic rings. The van der Waals surface area contributed by atoms with E-state index in [1.165, 1.54) is 11.3 Å². The Labute approximate surface area is 76.8 Å². The molecule has 0 aliphatic carbocycles. The summed E-state index contributed by atoms with van der Waals surface area (Å²) in [5, 5.41) is 8.39. The molecule has 13 heavy (non-hydrogen) atoms. The molecular weight excluding hydrogens is 190 g/mol. The third-order valence-corrected chi connectivity index (χ3v) is 2.19. The number of hydrogen-bond acceptors (Lipinski definition) is 5. The SMILES string of the molecule is Nc1nc(Cc2n[nH]c(=O)[nH]2)cs1. The summed E-state index contributed by atoms with van der Waals surface area (Å²) in [5.41, 5.74) is 5.95. The molecule has 6 nitrogen and oxygen atoms in total. The van der Waals surface area contributed by atoms with Crippen molar-refractivity contribution in [2.75, 3.05) is 5.73 Å². The Hall–Kier alpha value is -1.63. The number of nitrogens with one attached hydrogen (secondary N) is 2. The second-order valence-electron chi connectivity index (χ2n) is 2.48. The first-order valence-corrected chi connectivity index (χ1v) is 4.45. The number of nitrogens with two attached hydrogens (primary N) is 1. The Bertz CT molecular complexity index is 455. The average molecular weight is 197 g/mol. The largest absolute Gasteiger partial charge is 0.375 e. The third-order valence-electron chi connectivity index (χ3n) is 1.47. The van der Waals surface area contributed by atoms with Crippen LogP contribution in [0.2, 0.25) is 0 Å². The lowest BCUT2D eigenvalue weighted by molar-refractivity contribution is 0.951. The average Bonchev–Trinajstić information content (AvgIpc) is 2.62. The van der Waals surface area contributed by atoms with Crippen molar-refractivity contribution in [1.29, 1.82) is 0 Å². The number of hydrogen-bond donors (Lipinski definition) is 3. The van der Waals surface area contributed by atoms with Crippen LogP contribution in [-0.4, -0.2) is 20.2 Å². The Kier molecular flexibility index (Phi) is 1.85. The maximum Gasteiger partial charge on any atom is 0.340 e. The maximum absolute atomic E-state index is 10.7. The van der Waals surface area contributed by atoms with Gasteiger partial charge in [0.25, 0.3) is 0 Å². The van der Waals surface area contributed by atoms with Crippen LogP contribution >= 0.6 is 11.3 Å². The summed E-state index contributed by atoms with van der Waals surface area (Å²) < 4.78 is 0. The highest BCUT2D eigenvalue weighted by Gasteiger charge is 2.03. The fourth-order valence-corrected chi connectivity index (χ4v) is 1.53. The molecule has 0 bridgehead atoms. The van der Waals surface area contributed by atoms with E-state index in [0.29, 0.717) is 17.4 Å². The molecule has 0 saturated heterocycles. The number of nitrogen functional groups attached to an aromatic ring is 1. The van der Waals surface area contributed by atoms with Crippen LogP contribution in [0, 0.1) is 0 Å². The van der Waals surface area contributed by atoms with Gasteiger partial charge in [-0.25, -0.2) is 14.9 Å². The summed E-state index contributed by atoms with van der Waals surface area (Å²) in [7, 11) is 0. The zero-order valence-electron chi connectivity index (χ0n) is 6.57. The fraction of sp³-hybridized carbons (Fsp3) is 0.167. The van der Waals surface area contributed by atoms with Crippen molar-refractivity contribution in [3.63, 3.8) is 0 Å². The summed E-state index contributed by atoms with van der Waals surface area (Å²) >= 11 is 1.37. The molecular formula is C6H7N5OS. The van der Waals surface area contributed by atoms with Gasteiger partial charge in [-0.1, -0.05) is 0 Å². The lowest BCUT2D eigenvalue weighted by atomic mass is 10.3. The number of nitrogens with zero attached hydrogens (tertiary/aromatic N) is 2. The van der Waals surface area contributed by atoms with Crippen molar-refractivity contribution in [3.05, 3.63) is 27.4 Å². The van der Waals surface area contributed by atoms with Crippen molar-refractivity contribution >= 4 is 16.5 Å². The molecule has 2 heterocycles. The molecule has 0 aromatic carbocycles. The first-order valence-electron chi connectivity index (χ1n) is 3.57. The van der Waals surface area contributed by atoms with Crippen LogP contribution in [0.3, 0.4) is 0 Å². The van der Waals surface area contributed by atoms with Gasteiger partial charge < -0.3 is 5.73 Å². The van der Waals surface area contributed by atoms with Crippen molar-refractivity contribution in [1.82, 2.24) is 20.2 Å². The third kappa shape index (κ3) is 1.75. The molecule has 4 N–H and O–H groups in total. The molecule has 2 aromatic heterocycles. The van der Waals surface area contributed by atoms with E-state index in [0.717, 1.165) is 5.69 Å². The van der Waals surface area contributed by atoms with Gasteiger partial charge in [-0.05, 0) is 0 Å². The van der Waals surface area contributed by atoms with Crippen LogP contribution in [0.25, 0.3) is 0 Å². The van der Waals surface area contributed by atoms with E-state index in [2.05, 4.69) is 20.2 Å². The van der Waals surface area contributed by atoms with Crippen LogP contribution in [0.1, 0.15) is 11.5 Å². The van der Waals surface area contributed by atoms with Crippen molar-refractivity contribution in [3.8, 4) is 0 Å². The summed E-state index contributed by atoms with van der Waals surface area (Å²) in [6.07, 6.45) is 0.493. The number of H-pyrrole nitrogens is 2. The van der Waals surface area contributed by atoms with E-state index < -0.39 is 0 Å². The smallest absolute Gasteiger partial charge is 0.340 e. The van der Waals surface area contributed by atoms with Crippen LogP contribution in [0.5, 0.6) is 0 Å². The van der Waals surface area contributed by atoms with E-state index in [1.54, 1.807) is 0 Å². The Morgan fingerprint density at radius 1 is 1.62 bits per heavy atom. The topological polar surface area (TPSA) is 100 Å². The summed E-state index contributed by atoms with van der Waals surface area (Å²) in [5.74, 6) is 0.565. The molecule has 68 valence electrons. The molecule has 0 spiro atoms. The minimum atomic E-state index is -0.307. The van der Waals surface area contributed by atoms with Crippen LogP contribution in [0.4, 0.5) is 5.13 Å². The second kappa shape index (κ2) is 3.02. The normalized spacial score (nSPS) is 10.5. The van der Waals surface area contributed by atoms with Gasteiger partial charge >= 0.3 is 5.69 Å². The molecule has 0 unspecified atom stereocenters. The van der Waals surface area contributed by atoms with Crippen LogP contribution < -0.4 is 11.4 Å². The molecule has 0 aliphatic rings. The number of thiazole rings is 1. The quantitative estimate of drug-likeness (QED) is 0.616. The van der Waals surface area contributed by atoms with Gasteiger partial charge in [0.1, 0.15) is 5.82 Å². The van der Waals surface area contributed by atoms with Crippen LogP contribution in [-0.2, 0) is 6.42 Å². The molecule has 0 aliphatic heterocycles. The highest BCUT2D eigenvalue weighted by Crippen LogP contribution is 2.12. The highest BCUT2D eigenvalue weighted by atomic mass is 32.1. The molecule has 0 radical (unpaired) electrons. The van der Waals surface area contributed by atoms with Crippen molar-refractivity contribution in [2.45, 2.75) is 6.42 Å². The van der Waals surface area contributed by atoms with Gasteiger partial charge in [0.2, 0.25) is 0 Å². The van der Waals surface area contributed by atoms with Gasteiger partial charge in [0.05, 0.1) is 12.1 Å². The van der Waals surface area contributed by atoms with E-state index in [9.17, 15) is 4.79 Å². The summed E-state index contributed by atoms with van der Waals surface area (Å²) in [6, 6.07) is 0. The van der Waals surface area contributed by atoms with Gasteiger partial charge in [-0.15, -0.1) is 11.3 Å². The minimum Gasteiger partial charge on any atom is -0.375 e. The Morgan fingerprint density at radius 2 is 2.46 bits per heavy atom. The van der Waals surface area contributed by atoms with Crippen LogP contribution in [0.15, 0.2) is 10.2 Å². The monoisotopic (exact) mass is 197 g/mol. The standard InChI is InChI=1S/C6H7N5OS/c7-5-8-3(2-13-5)1-4-9-6(12)11-10-4/h2H,1H2,(H2,7,8)(H2,9,10,11,12). The molecule has 0 atom stereocenters. The predicted molar refractivity (Wildman–Crippen MR) is 48.5 cm³/mol. The molecule has 0 saturated carbocycles. The number of anilines is 1. The zero-order valence-corrected chi connectivity index (χ0v) is 7.39. The summed E-state index contributed by atoms with van der Waals surface area (Å²) in [6.45, 7) is 0. The lowest BCUT2D eigenvalue weighted by Gasteiger charge is -1.88. The van der Waals surface area contributed by atoms with Gasteiger partial charge in [-0.3, -0.25) is 4.98 Å². The molecule has 0 amide bonds. The van der Waals surface area contributed by atoms with E-state index in [-0.39, 0.29) is 5.69 Å². The number of aromatic amines is 2. The maximum atomic E-state index is 10.7. The fourth-order valence-electron chi connectivity index (χ4n) is 0.964. The van der Waals surface area contributed by atoms with E-state index in [1.807, 2.05) is 5.38 Å². The predicted octanol–water partition coefficient (Wildman–Crippen LogP) is -0.272. The first kappa shape index (κ1) is 7.99. The van der Waals surface area contributed by atoms with Gasteiger partial charge in [-0.2, -0.15) is 5.10 Å². The molecule has 7 heteroatoms. The van der Waals surface area contributed by atoms with Gasteiger partial charge in [0, 0.05) is 5.38 Å². The first-order chi connectivity index (χ1) is 6.24. The van der Waals surface area contributed by atoms with Crippen molar-refractivity contribution in [2.24, 2.45) is 0 Å². The number of aromatic nitrogens is 4. The number of rotatable bonds is 2. The van der Waals surface area contributed by atoms with Crippen molar-refractivity contribution < 1.29 is 0 Å². The van der Waals surface area contributed by atoms with E-state index in [4.69, 9.17) is 5.73 Å². The molecule has 2 rings (SSSR count). The molecule has 0 fully saturated rings. The Morgan fingerprint density at radius 3 is 3.00 bits per heavy atom. The lowest BCUT2D eigenvalue weighted by Crippen LogP contribution is -2.01. The van der Waals surface area contributed by atoms with E-state index >= 15 is 0 Å². The second-order valence-corrected chi connectivity index (χ2v) is 3.37. The summed E-state index contributed by atoms with van der Waals surface area (Å²) in [4.78, 5) is 17.2.